The van der Waals surface area contributed by atoms with Gasteiger partial charge in [0.05, 0.1) is 12.4 Å². The van der Waals surface area contributed by atoms with E-state index < -0.39 is 0 Å². The van der Waals surface area contributed by atoms with E-state index in [9.17, 15) is 4.39 Å². The quantitative estimate of drug-likeness (QED) is 0.833. The number of halogens is 1. The van der Waals surface area contributed by atoms with E-state index >= 15 is 0 Å². The number of fused-ring (bicyclic) bond motifs is 1. The molecule has 0 fully saturated rings. The van der Waals surface area contributed by atoms with E-state index in [4.69, 9.17) is 0 Å². The maximum absolute atomic E-state index is 13.7. The largest absolute Gasteiger partial charge is 0.372 e. The van der Waals surface area contributed by atoms with Crippen LogP contribution in [0.2, 0.25) is 0 Å². The predicted octanol–water partition coefficient (Wildman–Crippen LogP) is 2.64. The Labute approximate surface area is 101 Å². The molecule has 1 aliphatic carbocycles. The number of nitrogens with one attached hydrogen (secondary N) is 1. The van der Waals surface area contributed by atoms with Gasteiger partial charge in [-0.15, -0.1) is 0 Å². The third-order valence-electron chi connectivity index (χ3n) is 3.76. The fraction of sp³-hybridized carbons (Fsp3) is 0.500. The molecule has 0 saturated carbocycles. The molecule has 1 aromatic rings. The van der Waals surface area contributed by atoms with Gasteiger partial charge in [-0.1, -0.05) is 12.1 Å². The Morgan fingerprint density at radius 3 is 3.18 bits per heavy atom. The van der Waals surface area contributed by atoms with E-state index in [1.54, 1.807) is 6.07 Å². The molecule has 1 aliphatic heterocycles. The van der Waals surface area contributed by atoms with Gasteiger partial charge in [-0.05, 0) is 42.4 Å². The number of amidine groups is 1. The van der Waals surface area contributed by atoms with Gasteiger partial charge >= 0.3 is 0 Å². The van der Waals surface area contributed by atoms with Gasteiger partial charge in [0.1, 0.15) is 5.82 Å². The van der Waals surface area contributed by atoms with Gasteiger partial charge in [0.25, 0.3) is 0 Å². The molecular formula is C14H17FN2. The van der Waals surface area contributed by atoms with Gasteiger partial charge in [0.15, 0.2) is 0 Å². The molecule has 1 atom stereocenters. The second kappa shape index (κ2) is 4.47. The molecule has 1 unspecified atom stereocenters. The molecule has 0 spiro atoms. The average molecular weight is 232 g/mol. The van der Waals surface area contributed by atoms with Gasteiger partial charge < -0.3 is 5.32 Å². The molecule has 0 bridgehead atoms. The minimum atomic E-state index is -0.0338. The Kier molecular flexibility index (Phi) is 2.83. The van der Waals surface area contributed by atoms with Crippen LogP contribution in [-0.4, -0.2) is 18.9 Å². The van der Waals surface area contributed by atoms with E-state index in [2.05, 4.69) is 16.4 Å². The first-order valence-corrected chi connectivity index (χ1v) is 6.39. The van der Waals surface area contributed by atoms with Gasteiger partial charge in [-0.3, -0.25) is 4.99 Å². The number of nitrogens with zero attached hydrogens (tertiary/aromatic N) is 1. The van der Waals surface area contributed by atoms with E-state index in [-0.39, 0.29) is 5.82 Å². The molecule has 0 saturated heterocycles. The van der Waals surface area contributed by atoms with E-state index in [1.165, 1.54) is 5.56 Å². The summed E-state index contributed by atoms with van der Waals surface area (Å²) in [5.41, 5.74) is 2.13. The molecule has 2 nitrogen and oxygen atoms in total. The number of benzene rings is 1. The molecule has 2 aliphatic rings. The van der Waals surface area contributed by atoms with Gasteiger partial charge in [0.2, 0.25) is 0 Å². The van der Waals surface area contributed by atoms with Crippen molar-refractivity contribution < 1.29 is 4.39 Å². The van der Waals surface area contributed by atoms with Crippen LogP contribution in [-0.2, 0) is 6.42 Å². The molecule has 1 aromatic carbocycles. The van der Waals surface area contributed by atoms with Crippen LogP contribution in [0.25, 0.3) is 0 Å². The maximum atomic E-state index is 13.7. The predicted molar refractivity (Wildman–Crippen MR) is 67.0 cm³/mol. The molecule has 3 rings (SSSR count). The number of hydrogen-bond acceptors (Lipinski definition) is 2. The number of rotatable bonds is 2. The highest BCUT2D eigenvalue weighted by Gasteiger charge is 2.24. The first-order valence-electron chi connectivity index (χ1n) is 6.39. The Morgan fingerprint density at radius 2 is 2.35 bits per heavy atom. The molecule has 0 aromatic heterocycles. The fourth-order valence-corrected chi connectivity index (χ4v) is 2.93. The zero-order valence-electron chi connectivity index (χ0n) is 9.88. The molecule has 3 heteroatoms. The highest BCUT2D eigenvalue weighted by Crippen LogP contribution is 2.35. The second-order valence-corrected chi connectivity index (χ2v) is 4.86. The van der Waals surface area contributed by atoms with Crippen molar-refractivity contribution >= 4 is 5.84 Å². The van der Waals surface area contributed by atoms with Gasteiger partial charge in [-0.2, -0.15) is 0 Å². The first-order chi connectivity index (χ1) is 8.34. The zero-order valence-corrected chi connectivity index (χ0v) is 9.88. The van der Waals surface area contributed by atoms with Crippen LogP contribution in [0.4, 0.5) is 4.39 Å². The van der Waals surface area contributed by atoms with Crippen LogP contribution in [0.15, 0.2) is 23.2 Å². The summed E-state index contributed by atoms with van der Waals surface area (Å²) < 4.78 is 13.7. The molecular weight excluding hydrogens is 215 g/mol. The van der Waals surface area contributed by atoms with Crippen molar-refractivity contribution in [3.63, 3.8) is 0 Å². The highest BCUT2D eigenvalue weighted by molar-refractivity contribution is 5.84. The van der Waals surface area contributed by atoms with Crippen molar-refractivity contribution in [2.24, 2.45) is 4.99 Å². The third kappa shape index (κ3) is 2.06. The number of aliphatic imine (C=N–C) groups is 1. The van der Waals surface area contributed by atoms with Crippen LogP contribution in [0, 0.1) is 5.82 Å². The Balaban J connectivity index is 1.86. The molecule has 0 radical (unpaired) electrons. The summed E-state index contributed by atoms with van der Waals surface area (Å²) in [6.07, 6.45) is 4.07. The van der Waals surface area contributed by atoms with Gasteiger partial charge in [-0.25, -0.2) is 4.39 Å². The SMILES string of the molecule is Fc1cccc2c1CCCC2CC1=NCCN1. The standard InChI is InChI=1S/C14H17FN2/c15-13-6-2-4-11-10(3-1-5-12(11)13)9-14-16-7-8-17-14/h2,4,6,10H,1,3,5,7-9H2,(H,16,17). The lowest BCUT2D eigenvalue weighted by atomic mass is 9.80. The minimum Gasteiger partial charge on any atom is -0.372 e. The molecule has 1 heterocycles. The van der Waals surface area contributed by atoms with E-state index in [1.807, 2.05) is 6.07 Å². The summed E-state index contributed by atoms with van der Waals surface area (Å²) in [5.74, 6) is 1.51. The van der Waals surface area contributed by atoms with Crippen molar-refractivity contribution in [2.75, 3.05) is 13.1 Å². The lowest BCUT2D eigenvalue weighted by Crippen LogP contribution is -2.23. The number of hydrogen-bond donors (Lipinski definition) is 1. The normalized spacial score (nSPS) is 22.9. The van der Waals surface area contributed by atoms with E-state index in [0.29, 0.717) is 5.92 Å². The van der Waals surface area contributed by atoms with Crippen LogP contribution < -0.4 is 5.32 Å². The van der Waals surface area contributed by atoms with Crippen molar-refractivity contribution in [3.8, 4) is 0 Å². The van der Waals surface area contributed by atoms with Crippen LogP contribution >= 0.6 is 0 Å². The van der Waals surface area contributed by atoms with Crippen molar-refractivity contribution in [2.45, 2.75) is 31.6 Å². The zero-order chi connectivity index (χ0) is 11.7. The maximum Gasteiger partial charge on any atom is 0.126 e. The fourth-order valence-electron chi connectivity index (χ4n) is 2.93. The highest BCUT2D eigenvalue weighted by atomic mass is 19.1. The summed E-state index contributed by atoms with van der Waals surface area (Å²) in [7, 11) is 0. The van der Waals surface area contributed by atoms with Crippen LogP contribution in [0.3, 0.4) is 0 Å². The van der Waals surface area contributed by atoms with Crippen molar-refractivity contribution in [3.05, 3.63) is 35.1 Å². The summed E-state index contributed by atoms with van der Waals surface area (Å²) in [6.45, 7) is 1.84. The first kappa shape index (κ1) is 10.8. The van der Waals surface area contributed by atoms with Crippen molar-refractivity contribution in [1.29, 1.82) is 0 Å². The average Bonchev–Trinajstić information content (AvgIpc) is 2.83. The van der Waals surface area contributed by atoms with E-state index in [0.717, 1.165) is 50.2 Å². The summed E-state index contributed by atoms with van der Waals surface area (Å²) in [6, 6.07) is 5.49. The summed E-state index contributed by atoms with van der Waals surface area (Å²) >= 11 is 0. The minimum absolute atomic E-state index is 0.0338. The molecule has 90 valence electrons. The Morgan fingerprint density at radius 1 is 1.41 bits per heavy atom. The molecule has 1 N–H and O–H groups in total. The monoisotopic (exact) mass is 232 g/mol. The van der Waals surface area contributed by atoms with Crippen LogP contribution in [0.5, 0.6) is 0 Å². The van der Waals surface area contributed by atoms with Crippen LogP contribution in [0.1, 0.15) is 36.3 Å². The lowest BCUT2D eigenvalue weighted by molar-refractivity contribution is 0.528. The van der Waals surface area contributed by atoms with Gasteiger partial charge in [0, 0.05) is 13.0 Å². The summed E-state index contributed by atoms with van der Waals surface area (Å²) in [4.78, 5) is 4.44. The topological polar surface area (TPSA) is 24.4 Å². The summed E-state index contributed by atoms with van der Waals surface area (Å²) in [5, 5.41) is 3.31. The Bertz CT molecular complexity index is 454. The third-order valence-corrected chi connectivity index (χ3v) is 3.76. The smallest absolute Gasteiger partial charge is 0.126 e. The Hall–Kier alpha value is -1.38. The molecule has 17 heavy (non-hydrogen) atoms. The van der Waals surface area contributed by atoms with Crippen molar-refractivity contribution in [1.82, 2.24) is 5.32 Å². The molecule has 0 amide bonds. The second-order valence-electron chi connectivity index (χ2n) is 4.86. The lowest BCUT2D eigenvalue weighted by Gasteiger charge is -2.25.